The molecule has 1 N–H and O–H groups in total. The summed E-state index contributed by atoms with van der Waals surface area (Å²) >= 11 is 1.53. The van der Waals surface area contributed by atoms with Gasteiger partial charge >= 0.3 is 0 Å². The lowest BCUT2D eigenvalue weighted by molar-refractivity contribution is -0.128. The largest absolute Gasteiger partial charge is 0.497 e. The molecule has 1 saturated carbocycles. The molecule has 144 valence electrons. The van der Waals surface area contributed by atoms with Crippen molar-refractivity contribution in [3.05, 3.63) is 41.7 Å². The molecule has 2 aliphatic rings. The molecule has 0 bridgehead atoms. The monoisotopic (exact) mass is 387 g/mol. The first-order chi connectivity index (χ1) is 13.1. The second-order valence-corrected chi connectivity index (χ2v) is 8.25. The van der Waals surface area contributed by atoms with Crippen LogP contribution in [0.15, 0.2) is 35.2 Å². The van der Waals surface area contributed by atoms with Crippen LogP contribution >= 0.6 is 11.8 Å². The number of aliphatic hydroxyl groups excluding tert-OH is 1. The van der Waals surface area contributed by atoms with E-state index in [0.29, 0.717) is 18.2 Å². The lowest BCUT2D eigenvalue weighted by atomic mass is 10.1. The molecule has 4 rings (SSSR count). The third-order valence-electron chi connectivity index (χ3n) is 5.16. The summed E-state index contributed by atoms with van der Waals surface area (Å²) in [5, 5.41) is 14.9. The Kier molecular flexibility index (Phi) is 5.41. The maximum atomic E-state index is 12.7. The average Bonchev–Trinajstić information content (AvgIpc) is 3.49. The van der Waals surface area contributed by atoms with Crippen molar-refractivity contribution in [2.24, 2.45) is 5.92 Å². The Morgan fingerprint density at radius 1 is 1.37 bits per heavy atom. The van der Waals surface area contributed by atoms with Gasteiger partial charge in [0.25, 0.3) is 0 Å². The molecule has 1 aromatic carbocycles. The minimum Gasteiger partial charge on any atom is -0.497 e. The van der Waals surface area contributed by atoms with Crippen LogP contribution in [0.1, 0.15) is 36.8 Å². The Hall–Kier alpha value is -1.99. The zero-order chi connectivity index (χ0) is 18.8. The first-order valence-corrected chi connectivity index (χ1v) is 10.4. The lowest BCUT2D eigenvalue weighted by Gasteiger charge is -2.20. The van der Waals surface area contributed by atoms with Crippen molar-refractivity contribution in [3.8, 4) is 5.75 Å². The van der Waals surface area contributed by atoms with Gasteiger partial charge in [0.1, 0.15) is 11.9 Å². The quantitative estimate of drug-likeness (QED) is 0.772. The van der Waals surface area contributed by atoms with Crippen LogP contribution in [0, 0.1) is 5.92 Å². The van der Waals surface area contributed by atoms with Crippen LogP contribution < -0.4 is 4.74 Å². The summed E-state index contributed by atoms with van der Waals surface area (Å²) in [6.45, 7) is 2.09. The number of amides is 1. The fourth-order valence-corrected chi connectivity index (χ4v) is 4.27. The second kappa shape index (κ2) is 7.94. The zero-order valence-corrected chi connectivity index (χ0v) is 16.3. The predicted octanol–water partition coefficient (Wildman–Crippen LogP) is 2.86. The molecule has 1 amide bonds. The van der Waals surface area contributed by atoms with Gasteiger partial charge in [-0.05, 0) is 49.4 Å². The van der Waals surface area contributed by atoms with Crippen LogP contribution in [0.2, 0.25) is 0 Å². The Bertz CT molecular complexity index is 819. The SMILES string of the molecule is COc1cccc(SCC(=O)N2CCCn3nc([C@@H](O)C4CC4)cc3C2)c1. The molecule has 1 aliphatic heterocycles. The van der Waals surface area contributed by atoms with E-state index in [2.05, 4.69) is 5.10 Å². The number of aromatic nitrogens is 2. The topological polar surface area (TPSA) is 67.6 Å². The maximum Gasteiger partial charge on any atom is 0.233 e. The third-order valence-corrected chi connectivity index (χ3v) is 6.14. The van der Waals surface area contributed by atoms with E-state index in [0.717, 1.165) is 54.4 Å². The highest BCUT2D eigenvalue weighted by molar-refractivity contribution is 8.00. The van der Waals surface area contributed by atoms with Gasteiger partial charge in [-0.3, -0.25) is 9.48 Å². The number of ether oxygens (including phenoxy) is 1. The molecule has 1 aliphatic carbocycles. The molecule has 6 nitrogen and oxygen atoms in total. The minimum atomic E-state index is -0.461. The number of rotatable bonds is 6. The first-order valence-electron chi connectivity index (χ1n) is 9.43. The van der Waals surface area contributed by atoms with Gasteiger partial charge in [-0.25, -0.2) is 0 Å². The molecular weight excluding hydrogens is 362 g/mol. The smallest absolute Gasteiger partial charge is 0.233 e. The van der Waals surface area contributed by atoms with Gasteiger partial charge in [0, 0.05) is 18.0 Å². The standard InChI is InChI=1S/C20H25N3O3S/c1-26-16-4-2-5-17(11-16)27-13-19(24)22-8-3-9-23-15(12-22)10-18(21-23)20(25)14-6-7-14/h2,4-5,10-11,14,20,25H,3,6-9,12-13H2,1H3/t20-/m0/s1. The van der Waals surface area contributed by atoms with Crippen LogP contribution in [0.4, 0.5) is 0 Å². The van der Waals surface area contributed by atoms with E-state index in [1.165, 1.54) is 11.8 Å². The number of hydrogen-bond donors (Lipinski definition) is 1. The number of thioether (sulfide) groups is 1. The lowest BCUT2D eigenvalue weighted by Crippen LogP contribution is -2.32. The number of aryl methyl sites for hydroxylation is 1. The van der Waals surface area contributed by atoms with Gasteiger partial charge in [-0.15, -0.1) is 11.8 Å². The van der Waals surface area contributed by atoms with Crippen molar-refractivity contribution < 1.29 is 14.6 Å². The predicted molar refractivity (Wildman–Crippen MR) is 104 cm³/mol. The van der Waals surface area contributed by atoms with E-state index in [4.69, 9.17) is 4.74 Å². The fourth-order valence-electron chi connectivity index (χ4n) is 3.42. The van der Waals surface area contributed by atoms with Crippen molar-refractivity contribution in [2.75, 3.05) is 19.4 Å². The maximum absolute atomic E-state index is 12.7. The summed E-state index contributed by atoms with van der Waals surface area (Å²) in [5.41, 5.74) is 1.77. The van der Waals surface area contributed by atoms with Gasteiger partial charge in [0.05, 0.1) is 30.8 Å². The summed E-state index contributed by atoms with van der Waals surface area (Å²) in [7, 11) is 1.64. The summed E-state index contributed by atoms with van der Waals surface area (Å²) in [5.74, 6) is 1.69. The number of aliphatic hydroxyl groups is 1. The molecule has 0 saturated heterocycles. The van der Waals surface area contributed by atoms with Crippen LogP contribution in [-0.4, -0.2) is 45.1 Å². The number of fused-ring (bicyclic) bond motifs is 1. The minimum absolute atomic E-state index is 0.127. The van der Waals surface area contributed by atoms with Crippen molar-refractivity contribution in [1.82, 2.24) is 14.7 Å². The highest BCUT2D eigenvalue weighted by Crippen LogP contribution is 2.40. The summed E-state index contributed by atoms with van der Waals surface area (Å²) in [6, 6.07) is 9.74. The Labute approximate surface area is 163 Å². The van der Waals surface area contributed by atoms with Crippen molar-refractivity contribution in [2.45, 2.75) is 43.4 Å². The normalized spacial score (nSPS) is 17.9. The highest BCUT2D eigenvalue weighted by atomic mass is 32.2. The van der Waals surface area contributed by atoms with Crippen LogP contribution in [0.3, 0.4) is 0 Å². The molecule has 0 spiro atoms. The van der Waals surface area contributed by atoms with Crippen molar-refractivity contribution in [3.63, 3.8) is 0 Å². The summed E-state index contributed by atoms with van der Waals surface area (Å²) < 4.78 is 7.20. The van der Waals surface area contributed by atoms with E-state index in [9.17, 15) is 9.90 Å². The summed E-state index contributed by atoms with van der Waals surface area (Å²) in [6.07, 6.45) is 2.57. The Morgan fingerprint density at radius 2 is 2.22 bits per heavy atom. The van der Waals surface area contributed by atoms with E-state index >= 15 is 0 Å². The number of carbonyl (C=O) groups excluding carboxylic acids is 1. The van der Waals surface area contributed by atoms with Crippen LogP contribution in [0.25, 0.3) is 0 Å². The highest BCUT2D eigenvalue weighted by Gasteiger charge is 2.33. The van der Waals surface area contributed by atoms with Gasteiger partial charge < -0.3 is 14.7 Å². The Balaban J connectivity index is 1.39. The molecule has 0 radical (unpaired) electrons. The van der Waals surface area contributed by atoms with E-state index in [1.54, 1.807) is 7.11 Å². The van der Waals surface area contributed by atoms with Gasteiger partial charge in [-0.1, -0.05) is 6.07 Å². The number of benzene rings is 1. The summed E-state index contributed by atoms with van der Waals surface area (Å²) in [4.78, 5) is 15.7. The van der Waals surface area contributed by atoms with Gasteiger partial charge in [0.2, 0.25) is 5.91 Å². The molecule has 1 fully saturated rings. The van der Waals surface area contributed by atoms with E-state index in [1.807, 2.05) is 39.9 Å². The fraction of sp³-hybridized carbons (Fsp3) is 0.500. The number of carbonyl (C=O) groups is 1. The molecule has 0 unspecified atom stereocenters. The van der Waals surface area contributed by atoms with E-state index in [-0.39, 0.29) is 5.91 Å². The number of hydrogen-bond acceptors (Lipinski definition) is 5. The molecule has 1 aromatic heterocycles. The zero-order valence-electron chi connectivity index (χ0n) is 15.5. The van der Waals surface area contributed by atoms with Gasteiger partial charge in [0.15, 0.2) is 0 Å². The molecule has 27 heavy (non-hydrogen) atoms. The van der Waals surface area contributed by atoms with Crippen LogP contribution in [0.5, 0.6) is 5.75 Å². The molecule has 2 aromatic rings. The molecule has 7 heteroatoms. The third kappa shape index (κ3) is 4.30. The molecule has 2 heterocycles. The second-order valence-electron chi connectivity index (χ2n) is 7.20. The Morgan fingerprint density at radius 3 is 3.00 bits per heavy atom. The van der Waals surface area contributed by atoms with Gasteiger partial charge in [-0.2, -0.15) is 5.10 Å². The van der Waals surface area contributed by atoms with Crippen molar-refractivity contribution >= 4 is 17.7 Å². The number of methoxy groups -OCH3 is 1. The number of nitrogens with zero attached hydrogens (tertiary/aromatic N) is 3. The van der Waals surface area contributed by atoms with E-state index < -0.39 is 6.10 Å². The van der Waals surface area contributed by atoms with Crippen LogP contribution in [-0.2, 0) is 17.9 Å². The molecule has 1 atom stereocenters. The average molecular weight is 388 g/mol. The first kappa shape index (κ1) is 18.4. The van der Waals surface area contributed by atoms with Crippen molar-refractivity contribution in [1.29, 1.82) is 0 Å². The molecular formula is C20H25N3O3S.